The third-order valence-corrected chi connectivity index (χ3v) is 1.10. The lowest BCUT2D eigenvalue weighted by molar-refractivity contribution is 0.192. The molecule has 0 radical (unpaired) electrons. The molecule has 0 aliphatic rings. The molecule has 0 aromatic heterocycles. The van der Waals surface area contributed by atoms with Crippen LogP contribution < -0.4 is 0 Å². The van der Waals surface area contributed by atoms with E-state index in [0.29, 0.717) is 6.54 Å². The fourth-order valence-corrected chi connectivity index (χ4v) is 0.600. The predicted molar refractivity (Wildman–Crippen MR) is 36.4 cm³/mol. The number of rotatable bonds is 6. The molecule has 0 bridgehead atoms. The molecule has 9 heavy (non-hydrogen) atoms. The van der Waals surface area contributed by atoms with Gasteiger partial charge in [-0.2, -0.15) is 4.91 Å². The van der Waals surface area contributed by atoms with Crippen LogP contribution in [0.3, 0.4) is 0 Å². The Morgan fingerprint density at radius 2 is 2.11 bits per heavy atom. The Morgan fingerprint density at radius 1 is 1.33 bits per heavy atom. The van der Waals surface area contributed by atoms with Gasteiger partial charge in [-0.1, -0.05) is 5.18 Å². The highest BCUT2D eigenvalue weighted by molar-refractivity contribution is 4.43. The van der Waals surface area contributed by atoms with Crippen LogP contribution in [-0.4, -0.2) is 20.3 Å². The first kappa shape index (κ1) is 8.56. The first-order valence-electron chi connectivity index (χ1n) is 3.20. The quantitative estimate of drug-likeness (QED) is 0.405. The van der Waals surface area contributed by atoms with Gasteiger partial charge in [0.2, 0.25) is 0 Å². The van der Waals surface area contributed by atoms with Crippen molar-refractivity contribution in [2.24, 2.45) is 5.18 Å². The van der Waals surface area contributed by atoms with Crippen LogP contribution >= 0.6 is 0 Å². The van der Waals surface area contributed by atoms with Gasteiger partial charge in [-0.3, -0.25) is 0 Å². The zero-order valence-electron chi connectivity index (χ0n) is 5.80. The number of methoxy groups -OCH3 is 1. The van der Waals surface area contributed by atoms with E-state index >= 15 is 0 Å². The van der Waals surface area contributed by atoms with Crippen LogP contribution in [0, 0.1) is 4.91 Å². The van der Waals surface area contributed by atoms with Gasteiger partial charge in [0, 0.05) is 13.7 Å². The highest BCUT2D eigenvalue weighted by atomic mass is 16.5. The summed E-state index contributed by atoms with van der Waals surface area (Å²) >= 11 is 0. The van der Waals surface area contributed by atoms with Gasteiger partial charge < -0.3 is 4.74 Å². The SMILES string of the molecule is COCCCCCN=O. The zero-order chi connectivity index (χ0) is 6.95. The number of nitroso groups, excluding NO2 is 1. The van der Waals surface area contributed by atoms with Crippen molar-refractivity contribution in [2.75, 3.05) is 20.3 Å². The minimum atomic E-state index is 0.448. The molecule has 0 spiro atoms. The van der Waals surface area contributed by atoms with Crippen molar-refractivity contribution in [2.45, 2.75) is 19.3 Å². The summed E-state index contributed by atoms with van der Waals surface area (Å²) in [6, 6.07) is 0. The molecule has 0 rings (SSSR count). The standard InChI is InChI=1S/C6H13NO2/c1-9-6-4-2-3-5-7-8/h2-6H2,1H3. The minimum Gasteiger partial charge on any atom is -0.385 e. The summed E-state index contributed by atoms with van der Waals surface area (Å²) in [6.45, 7) is 1.24. The van der Waals surface area contributed by atoms with Crippen LogP contribution in [-0.2, 0) is 4.74 Å². The van der Waals surface area contributed by atoms with Gasteiger partial charge in [0.25, 0.3) is 0 Å². The molecule has 0 heterocycles. The van der Waals surface area contributed by atoms with Crippen molar-refractivity contribution in [3.63, 3.8) is 0 Å². The van der Waals surface area contributed by atoms with Crippen molar-refractivity contribution in [1.29, 1.82) is 0 Å². The maximum absolute atomic E-state index is 9.56. The fraction of sp³-hybridized carbons (Fsp3) is 1.00. The van der Waals surface area contributed by atoms with E-state index in [1.165, 1.54) is 0 Å². The summed E-state index contributed by atoms with van der Waals surface area (Å²) in [7, 11) is 1.68. The van der Waals surface area contributed by atoms with Crippen molar-refractivity contribution < 1.29 is 4.74 Å². The molecule has 3 nitrogen and oxygen atoms in total. The lowest BCUT2D eigenvalue weighted by Crippen LogP contribution is -1.88. The van der Waals surface area contributed by atoms with Gasteiger partial charge in [0.05, 0.1) is 6.54 Å². The van der Waals surface area contributed by atoms with Crippen molar-refractivity contribution in [1.82, 2.24) is 0 Å². The smallest absolute Gasteiger partial charge is 0.0811 e. The van der Waals surface area contributed by atoms with Crippen molar-refractivity contribution >= 4 is 0 Å². The summed E-state index contributed by atoms with van der Waals surface area (Å²) in [4.78, 5) is 9.56. The summed E-state index contributed by atoms with van der Waals surface area (Å²) in [5.41, 5.74) is 0. The second kappa shape index (κ2) is 7.56. The Morgan fingerprint density at radius 3 is 2.67 bits per heavy atom. The van der Waals surface area contributed by atoms with Crippen LogP contribution in [0.15, 0.2) is 5.18 Å². The van der Waals surface area contributed by atoms with E-state index in [0.717, 1.165) is 25.9 Å². The first-order chi connectivity index (χ1) is 4.41. The molecule has 0 aliphatic carbocycles. The molecule has 0 fully saturated rings. The highest BCUT2D eigenvalue weighted by Crippen LogP contribution is 1.94. The van der Waals surface area contributed by atoms with Gasteiger partial charge in [-0.05, 0) is 19.3 Å². The van der Waals surface area contributed by atoms with Gasteiger partial charge in [-0.15, -0.1) is 0 Å². The number of unbranched alkanes of at least 4 members (excludes halogenated alkanes) is 2. The average molecular weight is 131 g/mol. The topological polar surface area (TPSA) is 38.7 Å². The number of ether oxygens (including phenoxy) is 1. The van der Waals surface area contributed by atoms with Crippen LogP contribution in [0.4, 0.5) is 0 Å². The normalized spacial score (nSPS) is 9.44. The van der Waals surface area contributed by atoms with Crippen molar-refractivity contribution in [3.05, 3.63) is 4.91 Å². The molecule has 0 aliphatic heterocycles. The third kappa shape index (κ3) is 7.56. The van der Waals surface area contributed by atoms with Crippen LogP contribution in [0.25, 0.3) is 0 Å². The number of hydrogen-bond acceptors (Lipinski definition) is 3. The fourth-order valence-electron chi connectivity index (χ4n) is 0.600. The molecule has 0 saturated carbocycles. The van der Waals surface area contributed by atoms with Crippen LogP contribution in [0.2, 0.25) is 0 Å². The van der Waals surface area contributed by atoms with Crippen LogP contribution in [0.5, 0.6) is 0 Å². The van der Waals surface area contributed by atoms with Crippen molar-refractivity contribution in [3.8, 4) is 0 Å². The van der Waals surface area contributed by atoms with Gasteiger partial charge in [-0.25, -0.2) is 0 Å². The van der Waals surface area contributed by atoms with E-state index in [4.69, 9.17) is 4.74 Å². The molecule has 0 aromatic rings. The maximum Gasteiger partial charge on any atom is 0.0811 e. The predicted octanol–water partition coefficient (Wildman–Crippen LogP) is 1.57. The molecule has 54 valence electrons. The largest absolute Gasteiger partial charge is 0.385 e. The second-order valence-corrected chi connectivity index (χ2v) is 1.91. The van der Waals surface area contributed by atoms with E-state index < -0.39 is 0 Å². The first-order valence-corrected chi connectivity index (χ1v) is 3.20. The van der Waals surface area contributed by atoms with E-state index in [-0.39, 0.29) is 0 Å². The molecule has 0 unspecified atom stereocenters. The lowest BCUT2D eigenvalue weighted by atomic mass is 10.2. The molecular formula is C6H13NO2. The van der Waals surface area contributed by atoms with E-state index in [1.54, 1.807) is 7.11 Å². The third-order valence-electron chi connectivity index (χ3n) is 1.10. The zero-order valence-corrected chi connectivity index (χ0v) is 5.80. The molecule has 0 amide bonds. The van der Waals surface area contributed by atoms with Gasteiger partial charge in [0.15, 0.2) is 0 Å². The summed E-state index contributed by atoms with van der Waals surface area (Å²) in [5.74, 6) is 0. The molecule has 0 atom stereocenters. The Balaban J connectivity index is 2.66. The minimum absolute atomic E-state index is 0.448. The Bertz CT molecular complexity index is 66.1. The summed E-state index contributed by atoms with van der Waals surface area (Å²) < 4.78 is 4.81. The lowest BCUT2D eigenvalue weighted by Gasteiger charge is -1.94. The maximum atomic E-state index is 9.56. The molecule has 3 heteroatoms. The Labute approximate surface area is 55.4 Å². The van der Waals surface area contributed by atoms with Gasteiger partial charge in [0.1, 0.15) is 0 Å². The monoisotopic (exact) mass is 131 g/mol. The summed E-state index contributed by atoms with van der Waals surface area (Å²) in [6.07, 6.45) is 2.97. The summed E-state index contributed by atoms with van der Waals surface area (Å²) in [5, 5.41) is 2.74. The number of nitrogens with zero attached hydrogens (tertiary/aromatic N) is 1. The molecule has 0 aromatic carbocycles. The van der Waals surface area contributed by atoms with E-state index in [1.807, 2.05) is 0 Å². The van der Waals surface area contributed by atoms with E-state index in [2.05, 4.69) is 5.18 Å². The van der Waals surface area contributed by atoms with Crippen LogP contribution in [0.1, 0.15) is 19.3 Å². The second-order valence-electron chi connectivity index (χ2n) is 1.91. The molecule has 0 saturated heterocycles. The molecular weight excluding hydrogens is 118 g/mol. The number of hydrogen-bond donors (Lipinski definition) is 0. The Hall–Kier alpha value is -0.440. The Kier molecular flexibility index (Phi) is 7.19. The highest BCUT2D eigenvalue weighted by Gasteiger charge is 1.86. The van der Waals surface area contributed by atoms with Gasteiger partial charge >= 0.3 is 0 Å². The van der Waals surface area contributed by atoms with E-state index in [9.17, 15) is 4.91 Å². The average Bonchev–Trinajstić information content (AvgIpc) is 1.89. The molecule has 0 N–H and O–H groups in total.